The molecule has 1 aromatic carbocycles. The third-order valence-corrected chi connectivity index (χ3v) is 6.25. The first kappa shape index (κ1) is 18.4. The zero-order valence-electron chi connectivity index (χ0n) is 16.8. The van der Waals surface area contributed by atoms with Crippen LogP contribution in [-0.4, -0.2) is 53.9 Å². The van der Waals surface area contributed by atoms with E-state index in [9.17, 15) is 0 Å². The Kier molecular flexibility index (Phi) is 5.13. The number of H-pyrrole nitrogens is 1. The molecule has 3 fully saturated rings. The summed E-state index contributed by atoms with van der Waals surface area (Å²) in [7, 11) is 0. The van der Waals surface area contributed by atoms with Gasteiger partial charge in [0.05, 0.1) is 12.8 Å². The first-order valence-electron chi connectivity index (χ1n) is 10.2. The quantitative estimate of drug-likeness (QED) is 0.846. The molecular formula is C22H32N4O. The van der Waals surface area contributed by atoms with Crippen molar-refractivity contribution in [3.8, 4) is 5.75 Å². The second-order valence-corrected chi connectivity index (χ2v) is 8.77. The van der Waals surface area contributed by atoms with Gasteiger partial charge in [-0.05, 0) is 60.9 Å². The molecule has 1 unspecified atom stereocenters. The smallest absolute Gasteiger partial charge is 0.119 e. The van der Waals surface area contributed by atoms with E-state index >= 15 is 0 Å². The van der Waals surface area contributed by atoms with Crippen LogP contribution in [-0.2, 0) is 6.42 Å². The summed E-state index contributed by atoms with van der Waals surface area (Å²) in [5.41, 5.74) is 2.96. The van der Waals surface area contributed by atoms with Crippen LogP contribution < -0.4 is 9.64 Å². The van der Waals surface area contributed by atoms with E-state index in [-0.39, 0.29) is 0 Å². The number of hydrogen-bond acceptors (Lipinski definition) is 4. The molecule has 5 heteroatoms. The molecule has 2 atom stereocenters. The maximum atomic E-state index is 5.63. The van der Waals surface area contributed by atoms with E-state index in [1.165, 1.54) is 24.2 Å². The molecule has 3 aliphatic rings. The van der Waals surface area contributed by atoms with Crippen LogP contribution in [0.25, 0.3) is 0 Å². The van der Waals surface area contributed by atoms with E-state index in [0.29, 0.717) is 18.1 Å². The predicted molar refractivity (Wildman–Crippen MR) is 109 cm³/mol. The molecule has 1 aromatic heterocycles. The molecule has 2 aromatic rings. The number of aromatic amines is 1. The molecule has 5 nitrogen and oxygen atoms in total. The van der Waals surface area contributed by atoms with Crippen molar-refractivity contribution in [2.75, 3.05) is 37.7 Å². The Hall–Kier alpha value is -2.01. The minimum atomic E-state index is 0.325. The van der Waals surface area contributed by atoms with E-state index in [0.717, 1.165) is 37.7 Å². The van der Waals surface area contributed by atoms with Crippen LogP contribution in [0.2, 0.25) is 0 Å². The van der Waals surface area contributed by atoms with E-state index in [1.807, 2.05) is 19.3 Å². The van der Waals surface area contributed by atoms with Crippen molar-refractivity contribution >= 4 is 5.69 Å². The van der Waals surface area contributed by atoms with Crippen molar-refractivity contribution in [2.45, 2.75) is 39.7 Å². The summed E-state index contributed by atoms with van der Waals surface area (Å²) in [4.78, 5) is 5.33. The van der Waals surface area contributed by atoms with E-state index < -0.39 is 0 Å². The van der Waals surface area contributed by atoms with Gasteiger partial charge in [0, 0.05) is 44.1 Å². The highest BCUT2D eigenvalue weighted by Gasteiger charge is 2.45. The summed E-state index contributed by atoms with van der Waals surface area (Å²) in [6.45, 7) is 12.2. The normalized spacial score (nSPS) is 24.8. The number of hydrogen-bond donors (Lipinski definition) is 1. The van der Waals surface area contributed by atoms with E-state index in [4.69, 9.17) is 4.74 Å². The molecular weight excluding hydrogens is 336 g/mol. The first-order valence-corrected chi connectivity index (χ1v) is 10.2. The Balaban J connectivity index is 1.51. The molecule has 3 aliphatic heterocycles. The molecule has 1 N–H and O–H groups in total. The van der Waals surface area contributed by atoms with Gasteiger partial charge in [-0.3, -0.25) is 5.10 Å². The topological polar surface area (TPSA) is 44.4 Å². The maximum Gasteiger partial charge on any atom is 0.119 e. The van der Waals surface area contributed by atoms with Gasteiger partial charge < -0.3 is 14.5 Å². The lowest BCUT2D eigenvalue weighted by Gasteiger charge is -2.48. The Bertz CT molecular complexity index is 725. The van der Waals surface area contributed by atoms with Gasteiger partial charge in [0.1, 0.15) is 5.75 Å². The van der Waals surface area contributed by atoms with Gasteiger partial charge in [0.25, 0.3) is 0 Å². The van der Waals surface area contributed by atoms with E-state index in [2.05, 4.69) is 58.1 Å². The van der Waals surface area contributed by atoms with Crippen LogP contribution in [0.3, 0.4) is 0 Å². The van der Waals surface area contributed by atoms with Crippen molar-refractivity contribution in [3.05, 3.63) is 42.2 Å². The van der Waals surface area contributed by atoms with Gasteiger partial charge in [-0.15, -0.1) is 0 Å². The average Bonchev–Trinajstić information content (AvgIpc) is 3.04. The summed E-state index contributed by atoms with van der Waals surface area (Å²) in [6.07, 6.45) is 6.35. The number of ether oxygens (including phenoxy) is 1. The summed E-state index contributed by atoms with van der Waals surface area (Å²) >= 11 is 0. The average molecular weight is 369 g/mol. The van der Waals surface area contributed by atoms with Gasteiger partial charge in [-0.2, -0.15) is 5.10 Å². The molecule has 4 heterocycles. The van der Waals surface area contributed by atoms with Crippen LogP contribution in [0, 0.1) is 11.3 Å². The Morgan fingerprint density at radius 3 is 2.70 bits per heavy atom. The number of aromatic nitrogens is 2. The van der Waals surface area contributed by atoms with Gasteiger partial charge in [-0.25, -0.2) is 0 Å². The van der Waals surface area contributed by atoms with Gasteiger partial charge in [-0.1, -0.05) is 13.8 Å². The number of anilines is 1. The molecule has 0 saturated carbocycles. The van der Waals surface area contributed by atoms with Crippen molar-refractivity contribution < 1.29 is 4.74 Å². The lowest BCUT2D eigenvalue weighted by atomic mass is 9.73. The molecule has 0 amide bonds. The number of nitrogens with one attached hydrogen (secondary N) is 1. The SMILES string of the molecule is CCOc1ccc(N2C[C@H]3CN(CCc4cn[nH]c4)CC2C(C)(C)C3)cc1. The zero-order valence-corrected chi connectivity index (χ0v) is 16.8. The molecule has 2 bridgehead atoms. The fraction of sp³-hybridized carbons (Fsp3) is 0.591. The Morgan fingerprint density at radius 2 is 2.00 bits per heavy atom. The Morgan fingerprint density at radius 1 is 1.19 bits per heavy atom. The lowest BCUT2D eigenvalue weighted by Crippen LogP contribution is -2.53. The van der Waals surface area contributed by atoms with Gasteiger partial charge in [0.15, 0.2) is 0 Å². The van der Waals surface area contributed by atoms with Crippen molar-refractivity contribution in [3.63, 3.8) is 0 Å². The summed E-state index contributed by atoms with van der Waals surface area (Å²) in [5.74, 6) is 1.68. The number of nitrogens with zero attached hydrogens (tertiary/aromatic N) is 3. The standard InChI is InChI=1S/C22H32N4O/c1-4-27-20-7-5-19(6-8-20)26-15-18-11-22(2,3)21(26)16-25(14-18)10-9-17-12-23-24-13-17/h5-8,12-13,18,21H,4,9-11,14-16H2,1-3H3,(H,23,24)/t18-,21?/m1/s1. The molecule has 3 saturated heterocycles. The number of rotatable bonds is 6. The third kappa shape index (κ3) is 3.98. The first-order chi connectivity index (χ1) is 13.0. The predicted octanol–water partition coefficient (Wildman–Crippen LogP) is 3.59. The number of fused-ring (bicyclic) bond motifs is 4. The molecule has 27 heavy (non-hydrogen) atoms. The maximum absolute atomic E-state index is 5.63. The molecule has 0 spiro atoms. The minimum Gasteiger partial charge on any atom is -0.494 e. The van der Waals surface area contributed by atoms with Crippen molar-refractivity contribution in [1.29, 1.82) is 0 Å². The largest absolute Gasteiger partial charge is 0.494 e. The monoisotopic (exact) mass is 368 g/mol. The van der Waals surface area contributed by atoms with E-state index in [1.54, 1.807) is 0 Å². The van der Waals surface area contributed by atoms with Gasteiger partial charge in [0.2, 0.25) is 0 Å². The lowest BCUT2D eigenvalue weighted by molar-refractivity contribution is 0.190. The molecule has 146 valence electrons. The highest BCUT2D eigenvalue weighted by atomic mass is 16.5. The fourth-order valence-corrected chi connectivity index (χ4v) is 4.99. The second kappa shape index (κ2) is 7.55. The zero-order chi connectivity index (χ0) is 18.9. The summed E-state index contributed by atoms with van der Waals surface area (Å²) in [5, 5.41) is 7.01. The van der Waals surface area contributed by atoms with Crippen molar-refractivity contribution in [2.24, 2.45) is 11.3 Å². The molecule has 0 radical (unpaired) electrons. The third-order valence-electron chi connectivity index (χ3n) is 6.25. The molecule has 0 aliphatic carbocycles. The van der Waals surface area contributed by atoms with Crippen LogP contribution >= 0.6 is 0 Å². The fourth-order valence-electron chi connectivity index (χ4n) is 4.99. The highest BCUT2D eigenvalue weighted by molar-refractivity contribution is 5.51. The summed E-state index contributed by atoms with van der Waals surface area (Å²) < 4.78 is 5.63. The van der Waals surface area contributed by atoms with Crippen LogP contribution in [0.5, 0.6) is 5.75 Å². The second-order valence-electron chi connectivity index (χ2n) is 8.77. The highest BCUT2D eigenvalue weighted by Crippen LogP contribution is 2.43. The van der Waals surface area contributed by atoms with Crippen LogP contribution in [0.4, 0.5) is 5.69 Å². The molecule has 5 rings (SSSR count). The summed E-state index contributed by atoms with van der Waals surface area (Å²) in [6, 6.07) is 9.23. The number of benzene rings is 1. The Labute approximate surface area is 162 Å². The minimum absolute atomic E-state index is 0.325. The van der Waals surface area contributed by atoms with Crippen LogP contribution in [0.15, 0.2) is 36.7 Å². The van der Waals surface area contributed by atoms with Gasteiger partial charge >= 0.3 is 0 Å². The number of piperidine rings is 1. The van der Waals surface area contributed by atoms with Crippen LogP contribution in [0.1, 0.15) is 32.8 Å². The van der Waals surface area contributed by atoms with Crippen molar-refractivity contribution in [1.82, 2.24) is 15.1 Å².